The zero-order valence-corrected chi connectivity index (χ0v) is 9.74. The fraction of sp³-hybridized carbons (Fsp3) is 0. The molecule has 0 atom stereocenters. The molecule has 0 saturated carbocycles. The van der Waals surface area contributed by atoms with Gasteiger partial charge in [-0.1, -0.05) is 17.7 Å². The van der Waals surface area contributed by atoms with Crippen molar-refractivity contribution in [2.75, 3.05) is 5.73 Å². The summed E-state index contributed by atoms with van der Waals surface area (Å²) in [4.78, 5) is 3.97. The number of anilines is 1. The van der Waals surface area contributed by atoms with Crippen molar-refractivity contribution in [3.8, 4) is 11.6 Å². The predicted molar refractivity (Wildman–Crippen MR) is 64.5 cm³/mol. The summed E-state index contributed by atoms with van der Waals surface area (Å²) in [6.07, 6.45) is 2.99. The van der Waals surface area contributed by atoms with E-state index in [1.807, 2.05) is 0 Å². The number of tetrazole rings is 1. The monoisotopic (exact) mass is 262 g/mol. The number of fused-ring (bicyclic) bond motifs is 1. The van der Waals surface area contributed by atoms with Crippen LogP contribution >= 0.6 is 11.6 Å². The molecule has 0 aliphatic heterocycles. The summed E-state index contributed by atoms with van der Waals surface area (Å²) in [6.45, 7) is 0. The Morgan fingerprint density at radius 2 is 2.17 bits per heavy atom. The van der Waals surface area contributed by atoms with Crippen molar-refractivity contribution in [2.45, 2.75) is 0 Å². The number of para-hydroxylation sites is 1. The molecule has 18 heavy (non-hydrogen) atoms. The molecule has 0 spiro atoms. The van der Waals surface area contributed by atoms with E-state index in [4.69, 9.17) is 22.1 Å². The molecular formula is C10H7ClN6O. The Hall–Kier alpha value is -2.41. The molecule has 0 fully saturated rings. The summed E-state index contributed by atoms with van der Waals surface area (Å²) in [6, 6.07) is 5.11. The van der Waals surface area contributed by atoms with Crippen LogP contribution in [0.2, 0.25) is 5.02 Å². The van der Waals surface area contributed by atoms with Gasteiger partial charge in [0.05, 0.1) is 23.1 Å². The first kappa shape index (κ1) is 10.7. The van der Waals surface area contributed by atoms with Gasteiger partial charge in [-0.2, -0.15) is 4.52 Å². The third-order valence-electron chi connectivity index (χ3n) is 2.28. The Morgan fingerprint density at radius 3 is 3.00 bits per heavy atom. The fourth-order valence-corrected chi connectivity index (χ4v) is 1.68. The lowest BCUT2D eigenvalue weighted by molar-refractivity contribution is 0.444. The second kappa shape index (κ2) is 4.11. The molecule has 0 amide bonds. The van der Waals surface area contributed by atoms with Crippen LogP contribution in [-0.2, 0) is 0 Å². The standard InChI is InChI=1S/C10H7ClN6O/c11-6-2-1-3-7(12)10(6)18-9-5-13-4-8-14-15-16-17(8)9/h1-5H,12H2. The van der Waals surface area contributed by atoms with Crippen molar-refractivity contribution in [1.29, 1.82) is 0 Å². The van der Waals surface area contributed by atoms with Crippen molar-refractivity contribution in [1.82, 2.24) is 25.0 Å². The number of halogens is 1. The molecule has 2 aromatic heterocycles. The lowest BCUT2D eigenvalue weighted by atomic mass is 10.3. The van der Waals surface area contributed by atoms with Crippen LogP contribution in [-0.4, -0.2) is 25.0 Å². The molecule has 3 aromatic rings. The number of nitrogens with zero attached hydrogens (tertiary/aromatic N) is 5. The minimum atomic E-state index is 0.331. The molecular weight excluding hydrogens is 256 g/mol. The van der Waals surface area contributed by atoms with Gasteiger partial charge in [0.2, 0.25) is 11.5 Å². The molecule has 1 aromatic carbocycles. The molecule has 0 unspecified atom stereocenters. The third kappa shape index (κ3) is 1.70. The van der Waals surface area contributed by atoms with E-state index in [0.29, 0.717) is 28.0 Å². The van der Waals surface area contributed by atoms with Gasteiger partial charge in [0.25, 0.3) is 0 Å². The van der Waals surface area contributed by atoms with Crippen molar-refractivity contribution in [3.05, 3.63) is 35.6 Å². The Bertz CT molecular complexity index is 692. The van der Waals surface area contributed by atoms with E-state index >= 15 is 0 Å². The van der Waals surface area contributed by atoms with Crippen molar-refractivity contribution < 1.29 is 4.74 Å². The summed E-state index contributed by atoms with van der Waals surface area (Å²) in [5, 5.41) is 11.5. The minimum Gasteiger partial charge on any atom is -0.434 e. The summed E-state index contributed by atoms with van der Waals surface area (Å²) in [5.41, 5.74) is 6.69. The largest absolute Gasteiger partial charge is 0.434 e. The number of nitrogens with two attached hydrogens (primary N) is 1. The lowest BCUT2D eigenvalue weighted by Gasteiger charge is -2.09. The first-order chi connectivity index (χ1) is 8.75. The van der Waals surface area contributed by atoms with Crippen LogP contribution in [0, 0.1) is 0 Å². The quantitative estimate of drug-likeness (QED) is 0.705. The van der Waals surface area contributed by atoms with Crippen LogP contribution in [0.25, 0.3) is 5.65 Å². The van der Waals surface area contributed by atoms with E-state index in [1.165, 1.54) is 16.9 Å². The molecule has 3 rings (SSSR count). The van der Waals surface area contributed by atoms with Crippen LogP contribution in [0.5, 0.6) is 11.6 Å². The van der Waals surface area contributed by atoms with Gasteiger partial charge in [0.1, 0.15) is 0 Å². The maximum atomic E-state index is 6.02. The van der Waals surface area contributed by atoms with E-state index < -0.39 is 0 Å². The van der Waals surface area contributed by atoms with Gasteiger partial charge in [-0.05, 0) is 22.6 Å². The number of benzene rings is 1. The zero-order chi connectivity index (χ0) is 12.5. The average molecular weight is 263 g/mol. The topological polar surface area (TPSA) is 91.2 Å². The van der Waals surface area contributed by atoms with E-state index in [2.05, 4.69) is 20.5 Å². The van der Waals surface area contributed by atoms with Gasteiger partial charge >= 0.3 is 0 Å². The second-order valence-electron chi connectivity index (χ2n) is 3.45. The predicted octanol–water partition coefficient (Wildman–Crippen LogP) is 1.55. The SMILES string of the molecule is Nc1cccc(Cl)c1Oc1cncc2nnnn12. The summed E-state index contributed by atoms with van der Waals surface area (Å²) >= 11 is 6.02. The van der Waals surface area contributed by atoms with Gasteiger partial charge in [-0.25, -0.2) is 0 Å². The van der Waals surface area contributed by atoms with E-state index in [1.54, 1.807) is 18.2 Å². The molecule has 2 N–H and O–H groups in total. The molecule has 8 heteroatoms. The summed E-state index contributed by atoms with van der Waals surface area (Å²) in [5.74, 6) is 0.682. The normalized spacial score (nSPS) is 10.7. The Balaban J connectivity index is 2.09. The molecule has 0 radical (unpaired) electrons. The highest BCUT2D eigenvalue weighted by molar-refractivity contribution is 6.32. The molecule has 0 aliphatic rings. The highest BCUT2D eigenvalue weighted by Gasteiger charge is 2.11. The van der Waals surface area contributed by atoms with Crippen LogP contribution in [0.4, 0.5) is 5.69 Å². The third-order valence-corrected chi connectivity index (χ3v) is 2.58. The Labute approximate surface area is 106 Å². The van der Waals surface area contributed by atoms with Crippen molar-refractivity contribution in [3.63, 3.8) is 0 Å². The fourth-order valence-electron chi connectivity index (χ4n) is 1.46. The van der Waals surface area contributed by atoms with Gasteiger partial charge in [0, 0.05) is 0 Å². The molecule has 2 heterocycles. The number of hydrogen-bond donors (Lipinski definition) is 1. The summed E-state index contributed by atoms with van der Waals surface area (Å²) < 4.78 is 7.01. The molecule has 0 saturated heterocycles. The maximum absolute atomic E-state index is 6.02. The second-order valence-corrected chi connectivity index (χ2v) is 3.86. The van der Waals surface area contributed by atoms with E-state index in [9.17, 15) is 0 Å². The highest BCUT2D eigenvalue weighted by Crippen LogP contribution is 2.34. The summed E-state index contributed by atoms with van der Waals surface area (Å²) in [7, 11) is 0. The molecule has 90 valence electrons. The van der Waals surface area contributed by atoms with Crippen LogP contribution in [0.15, 0.2) is 30.6 Å². The lowest BCUT2D eigenvalue weighted by Crippen LogP contribution is -1.99. The van der Waals surface area contributed by atoms with E-state index in [-0.39, 0.29) is 0 Å². The first-order valence-corrected chi connectivity index (χ1v) is 5.37. The maximum Gasteiger partial charge on any atom is 0.242 e. The number of rotatable bonds is 2. The average Bonchev–Trinajstić information content (AvgIpc) is 2.83. The Morgan fingerprint density at radius 1 is 1.28 bits per heavy atom. The van der Waals surface area contributed by atoms with Crippen LogP contribution in [0.1, 0.15) is 0 Å². The molecule has 0 aliphatic carbocycles. The molecule has 0 bridgehead atoms. The number of hydrogen-bond acceptors (Lipinski definition) is 6. The van der Waals surface area contributed by atoms with Gasteiger partial charge < -0.3 is 10.5 Å². The van der Waals surface area contributed by atoms with Crippen molar-refractivity contribution in [2.24, 2.45) is 0 Å². The van der Waals surface area contributed by atoms with E-state index in [0.717, 1.165) is 0 Å². The van der Waals surface area contributed by atoms with Crippen LogP contribution < -0.4 is 10.5 Å². The number of ether oxygens (including phenoxy) is 1. The smallest absolute Gasteiger partial charge is 0.242 e. The van der Waals surface area contributed by atoms with Crippen molar-refractivity contribution >= 4 is 22.9 Å². The first-order valence-electron chi connectivity index (χ1n) is 4.99. The van der Waals surface area contributed by atoms with Gasteiger partial charge in [-0.15, -0.1) is 5.10 Å². The van der Waals surface area contributed by atoms with Gasteiger partial charge in [0.15, 0.2) is 5.75 Å². The zero-order valence-electron chi connectivity index (χ0n) is 8.99. The Kier molecular flexibility index (Phi) is 2.45. The number of aromatic nitrogens is 5. The molecule has 7 nitrogen and oxygen atoms in total. The minimum absolute atomic E-state index is 0.331. The van der Waals surface area contributed by atoms with Crippen LogP contribution in [0.3, 0.4) is 0 Å². The van der Waals surface area contributed by atoms with Gasteiger partial charge in [-0.3, -0.25) is 4.98 Å². The highest BCUT2D eigenvalue weighted by atomic mass is 35.5. The number of nitrogen functional groups attached to an aromatic ring is 1.